The summed E-state index contributed by atoms with van der Waals surface area (Å²) in [6, 6.07) is 9.74. The Hall–Kier alpha value is -2.31. The van der Waals surface area contributed by atoms with Crippen LogP contribution >= 0.6 is 11.6 Å². The molecule has 3 aromatic rings. The molecule has 0 radical (unpaired) electrons. The van der Waals surface area contributed by atoms with E-state index in [9.17, 15) is 4.79 Å². The first-order valence-corrected chi connectivity index (χ1v) is 9.18. The zero-order valence-electron chi connectivity index (χ0n) is 14.2. The zero-order chi connectivity index (χ0) is 17.9. The first-order chi connectivity index (χ1) is 12.7. The van der Waals surface area contributed by atoms with Gasteiger partial charge in [-0.2, -0.15) is 0 Å². The Kier molecular flexibility index (Phi) is 4.95. The molecule has 0 aliphatic heterocycles. The molecular weight excluding hydrogens is 354 g/mol. The van der Waals surface area contributed by atoms with Crippen LogP contribution in [0.25, 0.3) is 11.1 Å². The lowest BCUT2D eigenvalue weighted by Gasteiger charge is -2.29. The van der Waals surface area contributed by atoms with Crippen molar-refractivity contribution in [1.29, 1.82) is 0 Å². The molecule has 1 aliphatic rings. The molecule has 7 heteroatoms. The molecule has 0 atom stereocenters. The lowest BCUT2D eigenvalue weighted by molar-refractivity contribution is 0.134. The Morgan fingerprint density at radius 3 is 2.88 bits per heavy atom. The fourth-order valence-electron chi connectivity index (χ4n) is 3.43. The second-order valence-electron chi connectivity index (χ2n) is 6.57. The van der Waals surface area contributed by atoms with Crippen molar-refractivity contribution in [2.45, 2.75) is 44.4 Å². The number of benzene rings is 1. The number of rotatable bonds is 5. The monoisotopic (exact) mass is 373 g/mol. The minimum absolute atomic E-state index is 0.145. The highest BCUT2D eigenvalue weighted by atomic mass is 35.5. The van der Waals surface area contributed by atoms with Gasteiger partial charge in [0.15, 0.2) is 5.58 Å². The fourth-order valence-corrected chi connectivity index (χ4v) is 3.59. The molecule has 2 aromatic heterocycles. The predicted molar refractivity (Wildman–Crippen MR) is 99.6 cm³/mol. The van der Waals surface area contributed by atoms with Crippen molar-refractivity contribution >= 4 is 22.7 Å². The topological polar surface area (TPSA) is 80.2 Å². The summed E-state index contributed by atoms with van der Waals surface area (Å²) in [5.74, 6) is 0.0954. The summed E-state index contributed by atoms with van der Waals surface area (Å²) < 4.78 is 11.2. The molecule has 0 spiro atoms. The van der Waals surface area contributed by atoms with E-state index in [-0.39, 0.29) is 6.10 Å². The maximum Gasteiger partial charge on any atom is 0.417 e. The third kappa shape index (κ3) is 3.76. The van der Waals surface area contributed by atoms with Gasteiger partial charge in [-0.1, -0.05) is 23.7 Å². The van der Waals surface area contributed by atoms with Gasteiger partial charge in [-0.15, -0.1) is 0 Å². The van der Waals surface area contributed by atoms with Crippen LogP contribution in [0.3, 0.4) is 0 Å². The maximum atomic E-state index is 11.4. The Morgan fingerprint density at radius 1 is 1.23 bits per heavy atom. The number of oxazole rings is 1. The highest BCUT2D eigenvalue weighted by molar-refractivity contribution is 6.31. The van der Waals surface area contributed by atoms with Gasteiger partial charge in [-0.3, -0.25) is 4.98 Å². The first-order valence-electron chi connectivity index (χ1n) is 8.80. The average molecular weight is 374 g/mol. The van der Waals surface area contributed by atoms with Gasteiger partial charge in [0.2, 0.25) is 5.88 Å². The normalized spacial score (nSPS) is 20.3. The van der Waals surface area contributed by atoms with Crippen LogP contribution in [0, 0.1) is 0 Å². The lowest BCUT2D eigenvalue weighted by atomic mass is 9.93. The Labute approximate surface area is 155 Å². The molecule has 26 heavy (non-hydrogen) atoms. The molecule has 6 nitrogen and oxygen atoms in total. The van der Waals surface area contributed by atoms with E-state index in [2.05, 4.69) is 15.3 Å². The SMILES string of the molecule is O=c1[nH]c2cccc(CNC3CCC(Oc4ncccc4Cl)CC3)c2o1. The third-order valence-electron chi connectivity index (χ3n) is 4.79. The Morgan fingerprint density at radius 2 is 2.08 bits per heavy atom. The third-order valence-corrected chi connectivity index (χ3v) is 5.07. The molecule has 1 aliphatic carbocycles. The van der Waals surface area contributed by atoms with Crippen molar-refractivity contribution in [3.8, 4) is 5.88 Å². The minimum Gasteiger partial charge on any atom is -0.473 e. The van der Waals surface area contributed by atoms with E-state index in [0.29, 0.717) is 29.1 Å². The number of fused-ring (bicyclic) bond motifs is 1. The molecule has 4 rings (SSSR count). The van der Waals surface area contributed by atoms with Gasteiger partial charge in [-0.25, -0.2) is 9.78 Å². The van der Waals surface area contributed by atoms with Crippen LogP contribution in [0.1, 0.15) is 31.2 Å². The number of halogens is 1. The number of pyridine rings is 1. The van der Waals surface area contributed by atoms with Crippen LogP contribution in [0.15, 0.2) is 45.7 Å². The number of H-pyrrole nitrogens is 1. The van der Waals surface area contributed by atoms with Crippen LogP contribution < -0.4 is 15.8 Å². The fraction of sp³-hybridized carbons (Fsp3) is 0.368. The van der Waals surface area contributed by atoms with E-state index in [1.807, 2.05) is 18.2 Å². The smallest absolute Gasteiger partial charge is 0.417 e. The molecular formula is C19H20ClN3O3. The summed E-state index contributed by atoms with van der Waals surface area (Å²) in [5, 5.41) is 4.11. The van der Waals surface area contributed by atoms with Gasteiger partial charge in [0.25, 0.3) is 0 Å². The molecule has 0 bridgehead atoms. The van der Waals surface area contributed by atoms with Gasteiger partial charge in [0.1, 0.15) is 11.1 Å². The molecule has 0 unspecified atom stereocenters. The second kappa shape index (κ2) is 7.51. The van der Waals surface area contributed by atoms with E-state index in [4.69, 9.17) is 20.8 Å². The van der Waals surface area contributed by atoms with Crippen molar-refractivity contribution in [3.63, 3.8) is 0 Å². The summed E-state index contributed by atoms with van der Waals surface area (Å²) in [7, 11) is 0. The van der Waals surface area contributed by atoms with Gasteiger partial charge in [-0.05, 0) is 43.9 Å². The zero-order valence-corrected chi connectivity index (χ0v) is 15.0. The van der Waals surface area contributed by atoms with E-state index in [1.54, 1.807) is 18.3 Å². The highest BCUT2D eigenvalue weighted by Gasteiger charge is 2.23. The molecule has 2 heterocycles. The van der Waals surface area contributed by atoms with Crippen molar-refractivity contribution in [1.82, 2.24) is 15.3 Å². The molecule has 1 fully saturated rings. The Bertz CT molecular complexity index is 944. The van der Waals surface area contributed by atoms with E-state index < -0.39 is 5.76 Å². The first kappa shape index (κ1) is 17.1. The molecule has 0 saturated heterocycles. The minimum atomic E-state index is -0.418. The van der Waals surface area contributed by atoms with Gasteiger partial charge >= 0.3 is 5.76 Å². The van der Waals surface area contributed by atoms with Crippen molar-refractivity contribution in [2.24, 2.45) is 0 Å². The summed E-state index contributed by atoms with van der Waals surface area (Å²) in [6.45, 7) is 0.667. The number of hydrogen-bond acceptors (Lipinski definition) is 5. The average Bonchev–Trinajstić information content (AvgIpc) is 3.04. The highest BCUT2D eigenvalue weighted by Crippen LogP contribution is 2.27. The predicted octanol–water partition coefficient (Wildman–Crippen LogP) is 3.65. The quantitative estimate of drug-likeness (QED) is 0.713. The van der Waals surface area contributed by atoms with Gasteiger partial charge in [0.05, 0.1) is 5.52 Å². The van der Waals surface area contributed by atoms with E-state index >= 15 is 0 Å². The summed E-state index contributed by atoms with van der Waals surface area (Å²) >= 11 is 6.11. The van der Waals surface area contributed by atoms with Crippen LogP contribution in [-0.2, 0) is 6.54 Å². The number of nitrogens with zero attached hydrogens (tertiary/aromatic N) is 1. The molecule has 1 saturated carbocycles. The number of ether oxygens (including phenoxy) is 1. The van der Waals surface area contributed by atoms with Crippen molar-refractivity contribution in [2.75, 3.05) is 0 Å². The van der Waals surface area contributed by atoms with Gasteiger partial charge < -0.3 is 14.5 Å². The van der Waals surface area contributed by atoms with Crippen LogP contribution in [0.2, 0.25) is 5.02 Å². The number of hydrogen-bond donors (Lipinski definition) is 2. The van der Waals surface area contributed by atoms with Crippen LogP contribution in [0.4, 0.5) is 0 Å². The number of aromatic amines is 1. The standard InChI is InChI=1S/C19H20ClN3O3/c20-15-4-2-10-21-18(15)25-14-8-6-13(7-9-14)22-11-12-3-1-5-16-17(12)26-19(24)23-16/h1-5,10,13-14,22H,6-9,11H2,(H,23,24). The van der Waals surface area contributed by atoms with Crippen molar-refractivity contribution in [3.05, 3.63) is 57.7 Å². The second-order valence-corrected chi connectivity index (χ2v) is 6.98. The van der Waals surface area contributed by atoms with Crippen LogP contribution in [-0.4, -0.2) is 22.1 Å². The Balaban J connectivity index is 1.31. The maximum absolute atomic E-state index is 11.4. The van der Waals surface area contributed by atoms with E-state index in [0.717, 1.165) is 36.8 Å². The summed E-state index contributed by atoms with van der Waals surface area (Å²) in [4.78, 5) is 18.3. The van der Waals surface area contributed by atoms with Crippen LogP contribution in [0.5, 0.6) is 5.88 Å². The molecule has 2 N–H and O–H groups in total. The van der Waals surface area contributed by atoms with E-state index in [1.165, 1.54) is 0 Å². The van der Waals surface area contributed by atoms with Crippen molar-refractivity contribution < 1.29 is 9.15 Å². The number of nitrogens with one attached hydrogen (secondary N) is 2. The lowest BCUT2D eigenvalue weighted by Crippen LogP contribution is -2.36. The summed E-state index contributed by atoms with van der Waals surface area (Å²) in [5.41, 5.74) is 2.35. The number of aromatic nitrogens is 2. The van der Waals surface area contributed by atoms with Gasteiger partial charge in [0, 0.05) is 24.3 Å². The summed E-state index contributed by atoms with van der Waals surface area (Å²) in [6.07, 6.45) is 5.77. The number of para-hydroxylation sites is 1. The molecule has 1 aromatic carbocycles. The molecule has 0 amide bonds. The largest absolute Gasteiger partial charge is 0.473 e. The molecule has 136 valence electrons.